The monoisotopic (exact) mass is 342 g/mol. The molecular weight excluding hydrogens is 316 g/mol. The van der Waals surface area contributed by atoms with Crippen LogP contribution in [0, 0.1) is 5.92 Å². The fourth-order valence-corrected chi connectivity index (χ4v) is 3.75. The summed E-state index contributed by atoms with van der Waals surface area (Å²) in [7, 11) is 0. The van der Waals surface area contributed by atoms with Crippen molar-refractivity contribution in [2.75, 3.05) is 13.2 Å². The number of nitrogens with zero attached hydrogens (tertiary/aromatic N) is 2. The van der Waals surface area contributed by atoms with Crippen LogP contribution in [0.15, 0.2) is 30.7 Å². The maximum absolute atomic E-state index is 6.25. The van der Waals surface area contributed by atoms with Gasteiger partial charge in [0, 0.05) is 49.5 Å². The lowest BCUT2D eigenvalue weighted by molar-refractivity contribution is -0.191. The molecule has 0 amide bonds. The summed E-state index contributed by atoms with van der Waals surface area (Å²) < 4.78 is 12.3. The van der Waals surface area contributed by atoms with Crippen LogP contribution in [0.5, 0.6) is 0 Å². The summed E-state index contributed by atoms with van der Waals surface area (Å²) in [5, 5.41) is 10.7. The summed E-state index contributed by atoms with van der Waals surface area (Å²) in [5.41, 5.74) is 3.20. The number of hydrogen-bond donors (Lipinski definition) is 2. The molecule has 2 aromatic heterocycles. The molecule has 2 N–H and O–H groups in total. The van der Waals surface area contributed by atoms with Crippen LogP contribution >= 0.6 is 0 Å². The van der Waals surface area contributed by atoms with Crippen molar-refractivity contribution in [2.24, 2.45) is 5.92 Å². The van der Waals surface area contributed by atoms with E-state index in [1.807, 2.05) is 24.5 Å². The molecule has 1 aliphatic heterocycles. The normalized spacial score (nSPS) is 29.3. The van der Waals surface area contributed by atoms with Crippen molar-refractivity contribution in [1.29, 1.82) is 0 Å². The van der Waals surface area contributed by atoms with E-state index >= 15 is 0 Å². The third-order valence-electron chi connectivity index (χ3n) is 5.31. The highest BCUT2D eigenvalue weighted by molar-refractivity contribution is 5.61. The summed E-state index contributed by atoms with van der Waals surface area (Å²) in [4.78, 5) is 4.17. The molecule has 1 aliphatic carbocycles. The van der Waals surface area contributed by atoms with Crippen LogP contribution in [0.3, 0.4) is 0 Å². The first-order valence-corrected chi connectivity index (χ1v) is 9.19. The van der Waals surface area contributed by atoms with Gasteiger partial charge in [-0.05, 0) is 30.9 Å². The number of nitrogens with one attached hydrogen (secondary N) is 2. The Bertz CT molecular complexity index is 680. The summed E-state index contributed by atoms with van der Waals surface area (Å²) in [6.45, 7) is 4.52. The zero-order chi connectivity index (χ0) is 17.1. The molecule has 6 heteroatoms. The highest BCUT2D eigenvalue weighted by atomic mass is 16.7. The van der Waals surface area contributed by atoms with E-state index < -0.39 is 0 Å². The van der Waals surface area contributed by atoms with Crippen LogP contribution in [-0.2, 0) is 16.0 Å². The SMILES string of the molecule is CC1CCC2(CC1)OC[C@@H](CNCc1cn[nH]c1-c1cccnc1)O2. The Kier molecular flexibility index (Phi) is 4.83. The first kappa shape index (κ1) is 16.7. The van der Waals surface area contributed by atoms with Gasteiger partial charge < -0.3 is 14.8 Å². The summed E-state index contributed by atoms with van der Waals surface area (Å²) in [5.74, 6) is 0.483. The van der Waals surface area contributed by atoms with Gasteiger partial charge in [-0.2, -0.15) is 5.10 Å². The van der Waals surface area contributed by atoms with E-state index in [4.69, 9.17) is 9.47 Å². The quantitative estimate of drug-likeness (QED) is 0.874. The van der Waals surface area contributed by atoms with Crippen molar-refractivity contribution in [3.63, 3.8) is 0 Å². The van der Waals surface area contributed by atoms with Gasteiger partial charge in [-0.15, -0.1) is 0 Å². The molecule has 2 aromatic rings. The van der Waals surface area contributed by atoms with Crippen LogP contribution in [0.1, 0.15) is 38.2 Å². The molecule has 25 heavy (non-hydrogen) atoms. The second-order valence-corrected chi connectivity index (χ2v) is 7.29. The van der Waals surface area contributed by atoms with Crippen LogP contribution in [0.2, 0.25) is 0 Å². The number of aromatic amines is 1. The molecule has 3 heterocycles. The lowest BCUT2D eigenvalue weighted by Crippen LogP contribution is -2.37. The molecule has 0 aromatic carbocycles. The molecule has 0 bridgehead atoms. The summed E-state index contributed by atoms with van der Waals surface area (Å²) in [6.07, 6.45) is 10.1. The summed E-state index contributed by atoms with van der Waals surface area (Å²) in [6, 6.07) is 3.97. The molecule has 2 fully saturated rings. The van der Waals surface area contributed by atoms with Crippen LogP contribution < -0.4 is 5.32 Å². The third kappa shape index (κ3) is 3.76. The van der Waals surface area contributed by atoms with E-state index in [1.165, 1.54) is 12.8 Å². The van der Waals surface area contributed by atoms with Gasteiger partial charge in [0.25, 0.3) is 0 Å². The zero-order valence-electron chi connectivity index (χ0n) is 14.7. The average Bonchev–Trinajstić information content (AvgIpc) is 3.26. The Hall–Kier alpha value is -1.76. The fraction of sp³-hybridized carbons (Fsp3) is 0.579. The highest BCUT2D eigenvalue weighted by Gasteiger charge is 2.43. The number of ether oxygens (including phenoxy) is 2. The van der Waals surface area contributed by atoms with E-state index in [2.05, 4.69) is 27.4 Å². The Morgan fingerprint density at radius 1 is 1.32 bits per heavy atom. The zero-order valence-corrected chi connectivity index (χ0v) is 14.7. The van der Waals surface area contributed by atoms with Crippen molar-refractivity contribution in [3.8, 4) is 11.3 Å². The largest absolute Gasteiger partial charge is 0.347 e. The van der Waals surface area contributed by atoms with E-state index in [9.17, 15) is 0 Å². The maximum atomic E-state index is 6.25. The molecule has 6 nitrogen and oxygen atoms in total. The Labute approximate surface area is 148 Å². The van der Waals surface area contributed by atoms with Gasteiger partial charge in [0.1, 0.15) is 0 Å². The minimum atomic E-state index is -0.310. The number of pyridine rings is 1. The van der Waals surface area contributed by atoms with Crippen molar-refractivity contribution in [2.45, 2.75) is 51.0 Å². The van der Waals surface area contributed by atoms with Crippen molar-refractivity contribution in [1.82, 2.24) is 20.5 Å². The fourth-order valence-electron chi connectivity index (χ4n) is 3.75. The van der Waals surface area contributed by atoms with E-state index in [0.29, 0.717) is 6.61 Å². The molecule has 0 radical (unpaired) electrons. The van der Waals surface area contributed by atoms with Gasteiger partial charge in [0.2, 0.25) is 0 Å². The Morgan fingerprint density at radius 2 is 2.20 bits per heavy atom. The van der Waals surface area contributed by atoms with Crippen LogP contribution in [0.25, 0.3) is 11.3 Å². The van der Waals surface area contributed by atoms with Gasteiger partial charge in [0.15, 0.2) is 5.79 Å². The first-order valence-electron chi connectivity index (χ1n) is 9.19. The maximum Gasteiger partial charge on any atom is 0.168 e. The van der Waals surface area contributed by atoms with Gasteiger partial charge in [-0.1, -0.05) is 6.92 Å². The second kappa shape index (κ2) is 7.23. The van der Waals surface area contributed by atoms with Gasteiger partial charge >= 0.3 is 0 Å². The van der Waals surface area contributed by atoms with E-state index in [1.54, 1.807) is 6.20 Å². The molecule has 1 saturated carbocycles. The predicted molar refractivity (Wildman–Crippen MR) is 94.7 cm³/mol. The van der Waals surface area contributed by atoms with Crippen LogP contribution in [-0.4, -0.2) is 40.2 Å². The molecule has 1 spiro atoms. The molecule has 0 unspecified atom stereocenters. The van der Waals surface area contributed by atoms with Crippen molar-refractivity contribution >= 4 is 0 Å². The number of rotatable bonds is 5. The van der Waals surface area contributed by atoms with Gasteiger partial charge in [-0.25, -0.2) is 0 Å². The van der Waals surface area contributed by atoms with Gasteiger partial charge in [-0.3, -0.25) is 10.1 Å². The second-order valence-electron chi connectivity index (χ2n) is 7.29. The minimum Gasteiger partial charge on any atom is -0.347 e. The standard InChI is InChI=1S/C19H26N4O2/c1-14-4-6-19(7-5-14)24-13-17(25-19)12-21-10-16-11-22-23-18(16)15-3-2-8-20-9-15/h2-3,8-9,11,14,17,21H,4-7,10,12-13H2,1H3,(H,22,23)/t14?,17-,19?/m1/s1. The average molecular weight is 342 g/mol. The lowest BCUT2D eigenvalue weighted by atomic mass is 9.86. The first-order chi connectivity index (χ1) is 12.2. The smallest absolute Gasteiger partial charge is 0.168 e. The van der Waals surface area contributed by atoms with Crippen molar-refractivity contribution in [3.05, 3.63) is 36.3 Å². The number of H-pyrrole nitrogens is 1. The Balaban J connectivity index is 1.29. The third-order valence-corrected chi connectivity index (χ3v) is 5.31. The minimum absolute atomic E-state index is 0.127. The predicted octanol–water partition coefficient (Wildman–Crippen LogP) is 2.88. The lowest BCUT2D eigenvalue weighted by Gasteiger charge is -2.34. The Morgan fingerprint density at radius 3 is 3.00 bits per heavy atom. The van der Waals surface area contributed by atoms with Crippen molar-refractivity contribution < 1.29 is 9.47 Å². The summed E-state index contributed by atoms with van der Waals surface area (Å²) >= 11 is 0. The van der Waals surface area contributed by atoms with E-state index in [-0.39, 0.29) is 11.9 Å². The number of hydrogen-bond acceptors (Lipinski definition) is 5. The molecular formula is C19H26N4O2. The topological polar surface area (TPSA) is 72.1 Å². The molecule has 134 valence electrons. The number of aromatic nitrogens is 3. The van der Waals surface area contributed by atoms with Crippen LogP contribution in [0.4, 0.5) is 0 Å². The van der Waals surface area contributed by atoms with E-state index in [0.717, 1.165) is 48.7 Å². The molecule has 2 aliphatic rings. The molecule has 4 rings (SSSR count). The molecule has 1 atom stereocenters. The molecule has 1 saturated heterocycles. The van der Waals surface area contributed by atoms with Gasteiger partial charge in [0.05, 0.1) is 24.6 Å². The highest BCUT2D eigenvalue weighted by Crippen LogP contribution is 2.39.